The lowest BCUT2D eigenvalue weighted by Crippen LogP contribution is -1.99. The molecule has 0 spiro atoms. The van der Waals surface area contributed by atoms with Crippen molar-refractivity contribution in [2.45, 2.75) is 13.8 Å². The predicted molar refractivity (Wildman–Crippen MR) is 36.2 cm³/mol. The summed E-state index contributed by atoms with van der Waals surface area (Å²) < 4.78 is 4.56. The average molecular weight is 149 g/mol. The highest BCUT2D eigenvalue weighted by Gasteiger charge is 1.92. The van der Waals surface area contributed by atoms with E-state index in [-0.39, 0.29) is 12.6 Å². The van der Waals surface area contributed by atoms with Crippen molar-refractivity contribution in [3.05, 3.63) is 11.1 Å². The Balaban J connectivity index is 3.39. The number of hydrogen-bond donors (Lipinski definition) is 0. The van der Waals surface area contributed by atoms with E-state index in [9.17, 15) is 4.79 Å². The first-order valence-corrected chi connectivity index (χ1v) is 2.98. The summed E-state index contributed by atoms with van der Waals surface area (Å²) in [5.74, 6) is -0.310. The van der Waals surface area contributed by atoms with Gasteiger partial charge in [-0.25, -0.2) is 0 Å². The van der Waals surface area contributed by atoms with Crippen LogP contribution in [0.4, 0.5) is 0 Å². The van der Waals surface area contributed by atoms with Gasteiger partial charge < -0.3 is 4.74 Å². The highest BCUT2D eigenvalue weighted by atomic mass is 35.5. The second kappa shape index (κ2) is 4.39. The van der Waals surface area contributed by atoms with E-state index >= 15 is 0 Å². The van der Waals surface area contributed by atoms with E-state index < -0.39 is 0 Å². The molecule has 0 bridgehead atoms. The summed E-state index contributed by atoms with van der Waals surface area (Å²) in [7, 11) is 0. The molecule has 0 atom stereocenters. The Morgan fingerprint density at radius 1 is 1.78 bits per heavy atom. The number of halogens is 1. The maximum Gasteiger partial charge on any atom is 0.302 e. The summed E-state index contributed by atoms with van der Waals surface area (Å²) in [6.07, 6.45) is 1.69. The molecular formula is C6H9ClO2. The predicted octanol–water partition coefficient (Wildman–Crippen LogP) is 1.69. The van der Waals surface area contributed by atoms with Crippen molar-refractivity contribution in [3.8, 4) is 0 Å². The third kappa shape index (κ3) is 5.37. The van der Waals surface area contributed by atoms with E-state index in [0.717, 1.165) is 0 Å². The van der Waals surface area contributed by atoms with Crippen LogP contribution in [-0.2, 0) is 9.53 Å². The SMILES string of the molecule is C/C=C(\Cl)COC(C)=O. The maximum absolute atomic E-state index is 10.2. The summed E-state index contributed by atoms with van der Waals surface area (Å²) in [6, 6.07) is 0. The molecule has 0 rings (SSSR count). The first kappa shape index (κ1) is 8.50. The fourth-order valence-electron chi connectivity index (χ4n) is 0.254. The summed E-state index contributed by atoms with van der Waals surface area (Å²) in [6.45, 7) is 3.32. The van der Waals surface area contributed by atoms with Crippen molar-refractivity contribution in [2.24, 2.45) is 0 Å². The van der Waals surface area contributed by atoms with Crippen LogP contribution in [0.2, 0.25) is 0 Å². The molecule has 0 aliphatic carbocycles. The smallest absolute Gasteiger partial charge is 0.302 e. The molecule has 0 aromatic heterocycles. The molecule has 0 N–H and O–H groups in total. The normalized spacial score (nSPS) is 11.2. The standard InChI is InChI=1S/C6H9ClO2/c1-3-6(7)4-9-5(2)8/h3H,4H2,1-2H3/b6-3-. The zero-order valence-corrected chi connectivity index (χ0v) is 6.23. The molecule has 9 heavy (non-hydrogen) atoms. The quantitative estimate of drug-likeness (QED) is 0.557. The number of allylic oxidation sites excluding steroid dienone is 1. The van der Waals surface area contributed by atoms with Crippen LogP contribution in [0, 0.1) is 0 Å². The summed E-state index contributed by atoms with van der Waals surface area (Å²) in [5, 5.41) is 0.546. The van der Waals surface area contributed by atoms with Gasteiger partial charge in [-0.1, -0.05) is 17.7 Å². The highest BCUT2D eigenvalue weighted by molar-refractivity contribution is 6.29. The minimum Gasteiger partial charge on any atom is -0.460 e. The summed E-state index contributed by atoms with van der Waals surface area (Å²) in [4.78, 5) is 10.2. The van der Waals surface area contributed by atoms with Gasteiger partial charge in [0.05, 0.1) is 5.03 Å². The average Bonchev–Trinajstić information content (AvgIpc) is 1.83. The van der Waals surface area contributed by atoms with Gasteiger partial charge in [0.15, 0.2) is 0 Å². The second-order valence-electron chi connectivity index (χ2n) is 1.52. The molecule has 0 aliphatic rings. The molecule has 0 saturated carbocycles. The van der Waals surface area contributed by atoms with Crippen LogP contribution in [0.25, 0.3) is 0 Å². The molecule has 0 aromatic rings. The van der Waals surface area contributed by atoms with Crippen molar-refractivity contribution >= 4 is 17.6 Å². The molecule has 0 aliphatic heterocycles. The molecule has 0 unspecified atom stereocenters. The number of ether oxygens (including phenoxy) is 1. The number of carbonyl (C=O) groups is 1. The van der Waals surface area contributed by atoms with Crippen LogP contribution in [0.3, 0.4) is 0 Å². The molecular weight excluding hydrogens is 140 g/mol. The fraction of sp³-hybridized carbons (Fsp3) is 0.500. The van der Waals surface area contributed by atoms with E-state index in [0.29, 0.717) is 5.03 Å². The first-order valence-electron chi connectivity index (χ1n) is 2.61. The molecule has 0 radical (unpaired) electrons. The molecule has 0 heterocycles. The molecule has 0 aromatic carbocycles. The third-order valence-electron chi connectivity index (χ3n) is 0.727. The monoisotopic (exact) mass is 148 g/mol. The van der Waals surface area contributed by atoms with Gasteiger partial charge in [-0.3, -0.25) is 4.79 Å². The van der Waals surface area contributed by atoms with E-state index in [4.69, 9.17) is 11.6 Å². The van der Waals surface area contributed by atoms with Gasteiger partial charge in [-0.05, 0) is 6.92 Å². The van der Waals surface area contributed by atoms with Gasteiger partial charge >= 0.3 is 5.97 Å². The Hall–Kier alpha value is -0.500. The Morgan fingerprint density at radius 3 is 2.67 bits per heavy atom. The Labute approximate surface area is 59.5 Å². The van der Waals surface area contributed by atoms with E-state index in [1.54, 1.807) is 13.0 Å². The lowest BCUT2D eigenvalue weighted by Gasteiger charge is -1.97. The minimum atomic E-state index is -0.310. The van der Waals surface area contributed by atoms with Crippen molar-refractivity contribution in [1.82, 2.24) is 0 Å². The first-order chi connectivity index (χ1) is 4.16. The van der Waals surface area contributed by atoms with E-state index in [1.807, 2.05) is 0 Å². The number of esters is 1. The summed E-state index contributed by atoms with van der Waals surface area (Å²) >= 11 is 5.49. The van der Waals surface area contributed by atoms with Crippen LogP contribution < -0.4 is 0 Å². The molecule has 0 fully saturated rings. The van der Waals surface area contributed by atoms with Crippen molar-refractivity contribution < 1.29 is 9.53 Å². The molecule has 0 saturated heterocycles. The number of hydrogen-bond acceptors (Lipinski definition) is 2. The van der Waals surface area contributed by atoms with Gasteiger partial charge in [0.1, 0.15) is 6.61 Å². The van der Waals surface area contributed by atoms with Crippen molar-refractivity contribution in [1.29, 1.82) is 0 Å². The second-order valence-corrected chi connectivity index (χ2v) is 2.00. The van der Waals surface area contributed by atoms with Crippen molar-refractivity contribution in [2.75, 3.05) is 6.61 Å². The van der Waals surface area contributed by atoms with Crippen LogP contribution in [-0.4, -0.2) is 12.6 Å². The van der Waals surface area contributed by atoms with Gasteiger partial charge in [-0.2, -0.15) is 0 Å². The topological polar surface area (TPSA) is 26.3 Å². The van der Waals surface area contributed by atoms with Crippen LogP contribution in [0.15, 0.2) is 11.1 Å². The number of rotatable bonds is 2. The number of carbonyl (C=O) groups excluding carboxylic acids is 1. The van der Waals surface area contributed by atoms with E-state index in [2.05, 4.69) is 4.74 Å². The van der Waals surface area contributed by atoms with Crippen LogP contribution in [0.1, 0.15) is 13.8 Å². The van der Waals surface area contributed by atoms with Gasteiger partial charge in [0.2, 0.25) is 0 Å². The Morgan fingerprint density at radius 2 is 2.33 bits per heavy atom. The molecule has 3 heteroatoms. The third-order valence-corrected chi connectivity index (χ3v) is 1.05. The van der Waals surface area contributed by atoms with Gasteiger partial charge in [-0.15, -0.1) is 0 Å². The maximum atomic E-state index is 10.2. The van der Waals surface area contributed by atoms with Crippen molar-refractivity contribution in [3.63, 3.8) is 0 Å². The van der Waals surface area contributed by atoms with Gasteiger partial charge in [0, 0.05) is 6.92 Å². The summed E-state index contributed by atoms with van der Waals surface area (Å²) in [5.41, 5.74) is 0. The molecule has 52 valence electrons. The minimum absolute atomic E-state index is 0.188. The lowest BCUT2D eigenvalue weighted by atomic mass is 10.5. The largest absolute Gasteiger partial charge is 0.460 e. The zero-order valence-electron chi connectivity index (χ0n) is 5.48. The van der Waals surface area contributed by atoms with E-state index in [1.165, 1.54) is 6.92 Å². The van der Waals surface area contributed by atoms with Gasteiger partial charge in [0.25, 0.3) is 0 Å². The highest BCUT2D eigenvalue weighted by Crippen LogP contribution is 1.99. The Bertz CT molecular complexity index is 129. The lowest BCUT2D eigenvalue weighted by molar-refractivity contribution is -0.139. The van der Waals surface area contributed by atoms with Crippen LogP contribution >= 0.6 is 11.6 Å². The zero-order chi connectivity index (χ0) is 7.28. The Kier molecular flexibility index (Phi) is 4.14. The molecule has 2 nitrogen and oxygen atoms in total. The van der Waals surface area contributed by atoms with Crippen LogP contribution in [0.5, 0.6) is 0 Å². The fourth-order valence-corrected chi connectivity index (χ4v) is 0.308. The molecule has 0 amide bonds.